The van der Waals surface area contributed by atoms with Crippen LogP contribution in [0.15, 0.2) is 76.5 Å². The van der Waals surface area contributed by atoms with Gasteiger partial charge >= 0.3 is 6.03 Å². The highest BCUT2D eigenvalue weighted by molar-refractivity contribution is 7.10. The van der Waals surface area contributed by atoms with E-state index in [1.165, 1.54) is 16.2 Å². The van der Waals surface area contributed by atoms with Crippen LogP contribution >= 0.6 is 11.3 Å². The molecule has 9 heteroatoms. The van der Waals surface area contributed by atoms with E-state index in [1.54, 1.807) is 50.4 Å². The van der Waals surface area contributed by atoms with Crippen molar-refractivity contribution in [2.75, 3.05) is 12.4 Å². The molecule has 206 valence electrons. The molecule has 0 spiro atoms. The van der Waals surface area contributed by atoms with Gasteiger partial charge in [-0.2, -0.15) is 0 Å². The first-order valence-corrected chi connectivity index (χ1v) is 13.8. The maximum atomic E-state index is 14.3. The predicted octanol–water partition coefficient (Wildman–Crippen LogP) is 6.00. The van der Waals surface area contributed by atoms with Crippen molar-refractivity contribution in [2.45, 2.75) is 38.8 Å². The average molecular weight is 558 g/mol. The van der Waals surface area contributed by atoms with Crippen LogP contribution in [0.1, 0.15) is 49.8 Å². The summed E-state index contributed by atoms with van der Waals surface area (Å²) in [5, 5.41) is 4.83. The zero-order chi connectivity index (χ0) is 28.6. The summed E-state index contributed by atoms with van der Waals surface area (Å²) in [5.41, 5.74) is 9.20. The number of primary amides is 1. The van der Waals surface area contributed by atoms with Crippen LogP contribution in [0.2, 0.25) is 0 Å². The number of methoxy groups -OCH3 is 1. The van der Waals surface area contributed by atoms with Crippen LogP contribution < -0.4 is 15.8 Å². The molecule has 8 nitrogen and oxygen atoms in total. The van der Waals surface area contributed by atoms with E-state index in [-0.39, 0.29) is 11.5 Å². The zero-order valence-corrected chi connectivity index (χ0v) is 23.5. The van der Waals surface area contributed by atoms with Crippen molar-refractivity contribution in [3.8, 4) is 5.75 Å². The predicted molar refractivity (Wildman–Crippen MR) is 154 cm³/mol. The highest BCUT2D eigenvalue weighted by atomic mass is 32.1. The molecule has 4 aromatic rings. The SMILES string of the molecule is COc1ccc(NC(=O)N2C(C(N)=O)C(c3sccc3C)C(C(=O)c3ccc(C)o3)C2c2cccc(C)c2)cc1. The lowest BCUT2D eigenvalue weighted by molar-refractivity contribution is -0.122. The number of anilines is 1. The lowest BCUT2D eigenvalue weighted by Gasteiger charge is -2.31. The minimum atomic E-state index is -1.09. The Morgan fingerprint density at radius 1 is 1.00 bits per heavy atom. The topological polar surface area (TPSA) is 115 Å². The molecule has 3 heterocycles. The Morgan fingerprint density at radius 2 is 1.75 bits per heavy atom. The Kier molecular flexibility index (Phi) is 7.49. The molecule has 40 heavy (non-hydrogen) atoms. The molecular weight excluding hydrogens is 526 g/mol. The summed E-state index contributed by atoms with van der Waals surface area (Å²) in [6, 6.07) is 17.4. The number of carbonyl (C=O) groups is 3. The van der Waals surface area contributed by atoms with E-state index in [1.807, 2.05) is 49.6 Å². The van der Waals surface area contributed by atoms with E-state index < -0.39 is 35.9 Å². The van der Waals surface area contributed by atoms with Gasteiger partial charge in [-0.3, -0.25) is 9.59 Å². The van der Waals surface area contributed by atoms with E-state index in [9.17, 15) is 14.4 Å². The highest BCUT2D eigenvalue weighted by Crippen LogP contribution is 2.53. The molecule has 1 aliphatic rings. The first-order chi connectivity index (χ1) is 19.2. The Bertz CT molecular complexity index is 1560. The van der Waals surface area contributed by atoms with Crippen molar-refractivity contribution in [3.05, 3.63) is 105 Å². The summed E-state index contributed by atoms with van der Waals surface area (Å²) in [4.78, 5) is 44.0. The van der Waals surface area contributed by atoms with Gasteiger partial charge in [-0.05, 0) is 79.7 Å². The number of likely N-dealkylation sites (tertiary alicyclic amines) is 1. The smallest absolute Gasteiger partial charge is 0.323 e. The number of Topliss-reactive ketones (excluding diaryl/α,β-unsaturated/α-hetero) is 1. The molecule has 2 aromatic heterocycles. The summed E-state index contributed by atoms with van der Waals surface area (Å²) >= 11 is 1.45. The average Bonchev–Trinajstić information content (AvgIpc) is 3.65. The fourth-order valence-corrected chi connectivity index (χ4v) is 6.74. The van der Waals surface area contributed by atoms with Gasteiger partial charge in [0.15, 0.2) is 5.76 Å². The van der Waals surface area contributed by atoms with Gasteiger partial charge in [-0.1, -0.05) is 29.8 Å². The van der Waals surface area contributed by atoms with Crippen LogP contribution in [-0.2, 0) is 4.79 Å². The third-order valence-corrected chi connectivity index (χ3v) is 8.53. The fraction of sp³-hybridized carbons (Fsp3) is 0.258. The first kappa shape index (κ1) is 27.2. The number of nitrogens with two attached hydrogens (primary N) is 1. The normalized spacial score (nSPS) is 20.4. The Labute approximate surface area is 236 Å². The van der Waals surface area contributed by atoms with Crippen LogP contribution in [-0.4, -0.2) is 35.8 Å². The van der Waals surface area contributed by atoms with Crippen LogP contribution in [0.5, 0.6) is 5.75 Å². The number of amides is 3. The summed E-state index contributed by atoms with van der Waals surface area (Å²) in [6.07, 6.45) is 0. The largest absolute Gasteiger partial charge is 0.497 e. The standard InChI is InChI=1S/C31H31N3O5S/c1-17-6-5-7-20(16-17)26-24(28(35)23-13-8-19(3)39-23)25(29-18(2)14-15-40-29)27(30(32)36)34(26)31(37)33-21-9-11-22(38-4)12-10-21/h5-16,24-27H,1-4H3,(H2,32,36)(H,33,37). The van der Waals surface area contributed by atoms with Gasteiger partial charge in [0.1, 0.15) is 17.6 Å². The zero-order valence-electron chi connectivity index (χ0n) is 22.7. The Balaban J connectivity index is 1.70. The van der Waals surface area contributed by atoms with Crippen LogP contribution in [0.4, 0.5) is 10.5 Å². The molecule has 1 fully saturated rings. The summed E-state index contributed by atoms with van der Waals surface area (Å²) in [6.45, 7) is 5.65. The number of ether oxygens (including phenoxy) is 1. The number of benzene rings is 2. The molecule has 2 aromatic carbocycles. The van der Waals surface area contributed by atoms with Crippen molar-refractivity contribution < 1.29 is 23.5 Å². The maximum Gasteiger partial charge on any atom is 0.323 e. The van der Waals surface area contributed by atoms with E-state index in [2.05, 4.69) is 5.32 Å². The quantitative estimate of drug-likeness (QED) is 0.271. The van der Waals surface area contributed by atoms with Gasteiger partial charge in [-0.15, -0.1) is 11.3 Å². The van der Waals surface area contributed by atoms with Crippen molar-refractivity contribution in [1.29, 1.82) is 0 Å². The number of thiophene rings is 1. The van der Waals surface area contributed by atoms with Crippen LogP contribution in [0.3, 0.4) is 0 Å². The number of rotatable bonds is 7. The van der Waals surface area contributed by atoms with Crippen molar-refractivity contribution >= 4 is 34.7 Å². The maximum absolute atomic E-state index is 14.3. The second-order valence-electron chi connectivity index (χ2n) is 10.1. The Morgan fingerprint density at radius 3 is 2.33 bits per heavy atom. The van der Waals surface area contributed by atoms with Crippen molar-refractivity contribution in [2.24, 2.45) is 11.7 Å². The molecule has 0 aliphatic carbocycles. The van der Waals surface area contributed by atoms with Crippen molar-refractivity contribution in [3.63, 3.8) is 0 Å². The summed E-state index contributed by atoms with van der Waals surface area (Å²) in [7, 11) is 1.56. The molecule has 1 aliphatic heterocycles. The lowest BCUT2D eigenvalue weighted by Crippen LogP contribution is -2.48. The molecule has 0 saturated carbocycles. The first-order valence-electron chi connectivity index (χ1n) is 12.9. The number of aryl methyl sites for hydroxylation is 3. The fourth-order valence-electron chi connectivity index (χ4n) is 5.63. The number of hydrogen-bond acceptors (Lipinski definition) is 6. The minimum absolute atomic E-state index is 0.181. The van der Waals surface area contributed by atoms with Gasteiger partial charge in [0, 0.05) is 16.5 Å². The number of nitrogens with one attached hydrogen (secondary N) is 1. The van der Waals surface area contributed by atoms with E-state index in [4.69, 9.17) is 14.9 Å². The molecule has 4 atom stereocenters. The molecule has 4 unspecified atom stereocenters. The van der Waals surface area contributed by atoms with Gasteiger partial charge < -0.3 is 25.1 Å². The molecule has 0 bridgehead atoms. The number of hydrogen-bond donors (Lipinski definition) is 2. The molecule has 3 amide bonds. The van der Waals surface area contributed by atoms with Gasteiger partial charge in [0.2, 0.25) is 11.7 Å². The van der Waals surface area contributed by atoms with Gasteiger partial charge in [0.25, 0.3) is 0 Å². The molecular formula is C31H31N3O5S. The number of urea groups is 1. The summed E-state index contributed by atoms with van der Waals surface area (Å²) in [5.74, 6) is -1.07. The van der Waals surface area contributed by atoms with Crippen molar-refractivity contribution in [1.82, 2.24) is 4.90 Å². The third-order valence-electron chi connectivity index (χ3n) is 7.41. The van der Waals surface area contributed by atoms with Crippen LogP contribution in [0.25, 0.3) is 0 Å². The van der Waals surface area contributed by atoms with E-state index >= 15 is 0 Å². The highest BCUT2D eigenvalue weighted by Gasteiger charge is 2.58. The number of ketones is 1. The second kappa shape index (κ2) is 11.0. The monoisotopic (exact) mass is 557 g/mol. The molecule has 0 radical (unpaired) electrons. The van der Waals surface area contributed by atoms with E-state index in [0.29, 0.717) is 17.2 Å². The lowest BCUT2D eigenvalue weighted by atomic mass is 9.79. The number of furan rings is 1. The minimum Gasteiger partial charge on any atom is -0.497 e. The van der Waals surface area contributed by atoms with Gasteiger partial charge in [-0.25, -0.2) is 4.79 Å². The third kappa shape index (κ3) is 5.00. The molecule has 1 saturated heterocycles. The molecule has 3 N–H and O–H groups in total. The van der Waals surface area contributed by atoms with Gasteiger partial charge in [0.05, 0.1) is 19.1 Å². The number of nitrogens with zero attached hydrogens (tertiary/aromatic N) is 1. The van der Waals surface area contributed by atoms with Crippen LogP contribution in [0, 0.1) is 26.7 Å². The molecule has 5 rings (SSSR count). The summed E-state index contributed by atoms with van der Waals surface area (Å²) < 4.78 is 11.0. The second-order valence-corrected chi connectivity index (χ2v) is 11.0. The number of carbonyl (C=O) groups excluding carboxylic acids is 3. The Hall–Kier alpha value is -4.37. The van der Waals surface area contributed by atoms with E-state index in [0.717, 1.165) is 21.6 Å².